The Morgan fingerprint density at radius 2 is 2.05 bits per heavy atom. The molecule has 19 heavy (non-hydrogen) atoms. The van der Waals surface area contributed by atoms with Crippen LogP contribution in [0, 0.1) is 5.92 Å². The minimum absolute atomic E-state index is 0.418. The molecule has 0 aromatic heterocycles. The van der Waals surface area contributed by atoms with Gasteiger partial charge in [-0.15, -0.1) is 0 Å². The maximum atomic E-state index is 9.66. The zero-order chi connectivity index (χ0) is 13.8. The Kier molecular flexibility index (Phi) is 5.28. The first-order chi connectivity index (χ1) is 9.11. The predicted molar refractivity (Wildman–Crippen MR) is 84.6 cm³/mol. The maximum absolute atomic E-state index is 9.66. The lowest BCUT2D eigenvalue weighted by molar-refractivity contribution is 0.198. The van der Waals surface area contributed by atoms with E-state index in [1.807, 2.05) is 6.07 Å². The number of benzene rings is 1. The molecular weight excluding hydrogens is 302 g/mol. The molecule has 0 aliphatic carbocycles. The highest BCUT2D eigenvalue weighted by Gasteiger charge is 2.19. The van der Waals surface area contributed by atoms with E-state index in [1.54, 1.807) is 6.92 Å². The fourth-order valence-corrected chi connectivity index (χ4v) is 3.64. The first-order valence-corrected chi connectivity index (χ1v) is 8.13. The number of aliphatic hydroxyl groups is 1. The topological polar surface area (TPSA) is 23.5 Å². The molecule has 0 unspecified atom stereocenters. The summed E-state index contributed by atoms with van der Waals surface area (Å²) in [5.41, 5.74) is 2.23. The number of nitrogens with zero attached hydrogens (tertiary/aromatic N) is 1. The fraction of sp³-hybridized carbons (Fsp3) is 0.625. The van der Waals surface area contributed by atoms with E-state index >= 15 is 0 Å². The van der Waals surface area contributed by atoms with Crippen LogP contribution >= 0.6 is 15.9 Å². The summed E-state index contributed by atoms with van der Waals surface area (Å²) in [6.07, 6.45) is 4.88. The number of halogens is 1. The van der Waals surface area contributed by atoms with Gasteiger partial charge >= 0.3 is 0 Å². The lowest BCUT2D eigenvalue weighted by Gasteiger charge is -2.34. The Morgan fingerprint density at radius 1 is 1.37 bits per heavy atom. The van der Waals surface area contributed by atoms with Crippen LogP contribution in [-0.2, 0) is 0 Å². The summed E-state index contributed by atoms with van der Waals surface area (Å²) >= 11 is 3.56. The Hall–Kier alpha value is -0.540. The van der Waals surface area contributed by atoms with Gasteiger partial charge in [0.15, 0.2) is 0 Å². The second kappa shape index (κ2) is 6.76. The lowest BCUT2D eigenvalue weighted by Crippen LogP contribution is -2.33. The van der Waals surface area contributed by atoms with Crippen molar-refractivity contribution in [2.75, 3.05) is 18.0 Å². The summed E-state index contributed by atoms with van der Waals surface area (Å²) in [7, 11) is 0. The van der Waals surface area contributed by atoms with E-state index < -0.39 is 6.10 Å². The normalized spacial score (nSPS) is 18.6. The van der Waals surface area contributed by atoms with Crippen molar-refractivity contribution in [3.05, 3.63) is 28.2 Å². The van der Waals surface area contributed by atoms with Crippen molar-refractivity contribution in [3.63, 3.8) is 0 Å². The van der Waals surface area contributed by atoms with E-state index in [0.29, 0.717) is 0 Å². The third-order valence-corrected chi connectivity index (χ3v) is 4.80. The van der Waals surface area contributed by atoms with Crippen LogP contribution in [0.4, 0.5) is 5.69 Å². The summed E-state index contributed by atoms with van der Waals surface area (Å²) in [6.45, 7) is 6.39. The third-order valence-electron chi connectivity index (χ3n) is 4.11. The van der Waals surface area contributed by atoms with E-state index in [9.17, 15) is 5.11 Å². The van der Waals surface area contributed by atoms with Crippen molar-refractivity contribution in [2.24, 2.45) is 5.92 Å². The summed E-state index contributed by atoms with van der Waals surface area (Å²) in [5, 5.41) is 9.66. The molecule has 0 bridgehead atoms. The first kappa shape index (κ1) is 14.9. The van der Waals surface area contributed by atoms with E-state index in [1.165, 1.54) is 31.4 Å². The van der Waals surface area contributed by atoms with E-state index in [2.05, 4.69) is 39.9 Å². The van der Waals surface area contributed by atoms with Crippen molar-refractivity contribution >= 4 is 21.6 Å². The SMILES string of the molecule is CCCC1CCN(c2ccc([C@H](C)O)c(Br)c2)CC1. The molecule has 1 heterocycles. The van der Waals surface area contributed by atoms with Crippen molar-refractivity contribution in [1.29, 1.82) is 0 Å². The van der Waals surface area contributed by atoms with Crippen LogP contribution in [-0.4, -0.2) is 18.2 Å². The van der Waals surface area contributed by atoms with Crippen LogP contribution in [0.25, 0.3) is 0 Å². The summed E-state index contributed by atoms with van der Waals surface area (Å²) in [4.78, 5) is 2.46. The minimum Gasteiger partial charge on any atom is -0.389 e. The largest absolute Gasteiger partial charge is 0.389 e. The highest BCUT2D eigenvalue weighted by atomic mass is 79.9. The van der Waals surface area contributed by atoms with Gasteiger partial charge in [0.05, 0.1) is 6.10 Å². The van der Waals surface area contributed by atoms with Gasteiger partial charge in [0, 0.05) is 23.2 Å². The van der Waals surface area contributed by atoms with Crippen molar-refractivity contribution in [3.8, 4) is 0 Å². The van der Waals surface area contributed by atoms with Gasteiger partial charge in [-0.1, -0.05) is 41.8 Å². The Labute approximate surface area is 124 Å². The van der Waals surface area contributed by atoms with Gasteiger partial charge in [0.1, 0.15) is 0 Å². The molecule has 0 spiro atoms. The van der Waals surface area contributed by atoms with Crippen LogP contribution in [0.2, 0.25) is 0 Å². The molecule has 0 saturated carbocycles. The monoisotopic (exact) mass is 325 g/mol. The van der Waals surface area contributed by atoms with Gasteiger partial charge in [-0.25, -0.2) is 0 Å². The number of piperidine rings is 1. The number of hydrogen-bond acceptors (Lipinski definition) is 2. The summed E-state index contributed by atoms with van der Waals surface area (Å²) in [6, 6.07) is 6.30. The molecule has 1 N–H and O–H groups in total. The van der Waals surface area contributed by atoms with Crippen LogP contribution < -0.4 is 4.90 Å². The molecule has 1 fully saturated rings. The van der Waals surface area contributed by atoms with Crippen LogP contribution in [0.3, 0.4) is 0 Å². The molecule has 0 radical (unpaired) electrons. The standard InChI is InChI=1S/C16H24BrNO/c1-3-4-13-7-9-18(10-8-13)14-5-6-15(12(2)19)16(17)11-14/h5-6,11-13,19H,3-4,7-10H2,1-2H3/t12-/m0/s1. The fourth-order valence-electron chi connectivity index (χ4n) is 2.94. The Morgan fingerprint density at radius 3 is 2.58 bits per heavy atom. The number of aliphatic hydroxyl groups excluding tert-OH is 1. The first-order valence-electron chi connectivity index (χ1n) is 7.34. The lowest BCUT2D eigenvalue weighted by atomic mass is 9.92. The van der Waals surface area contributed by atoms with E-state index in [4.69, 9.17) is 0 Å². The summed E-state index contributed by atoms with van der Waals surface area (Å²) < 4.78 is 1.01. The van der Waals surface area contributed by atoms with Gasteiger partial charge in [-0.3, -0.25) is 0 Å². The highest BCUT2D eigenvalue weighted by molar-refractivity contribution is 9.10. The second-order valence-corrected chi connectivity index (χ2v) is 6.46. The van der Waals surface area contributed by atoms with Crippen molar-refractivity contribution in [2.45, 2.75) is 45.6 Å². The molecule has 1 atom stereocenters. The molecule has 3 heteroatoms. The van der Waals surface area contributed by atoms with Crippen LogP contribution in [0.1, 0.15) is 51.2 Å². The molecule has 2 nitrogen and oxygen atoms in total. The Balaban J connectivity index is 2.02. The molecule has 1 aliphatic heterocycles. The van der Waals surface area contributed by atoms with Crippen LogP contribution in [0.5, 0.6) is 0 Å². The smallest absolute Gasteiger partial charge is 0.0772 e. The van der Waals surface area contributed by atoms with E-state index in [0.717, 1.165) is 29.0 Å². The molecular formula is C16H24BrNO. The average molecular weight is 326 g/mol. The van der Waals surface area contributed by atoms with Gasteiger partial charge in [-0.05, 0) is 43.4 Å². The molecule has 1 saturated heterocycles. The van der Waals surface area contributed by atoms with Crippen LogP contribution in [0.15, 0.2) is 22.7 Å². The quantitative estimate of drug-likeness (QED) is 0.879. The zero-order valence-electron chi connectivity index (χ0n) is 11.9. The summed E-state index contributed by atoms with van der Waals surface area (Å²) in [5.74, 6) is 0.918. The van der Waals surface area contributed by atoms with Gasteiger partial charge in [0.2, 0.25) is 0 Å². The zero-order valence-corrected chi connectivity index (χ0v) is 13.5. The molecule has 2 rings (SSSR count). The molecule has 106 valence electrons. The highest BCUT2D eigenvalue weighted by Crippen LogP contribution is 2.31. The van der Waals surface area contributed by atoms with Gasteiger partial charge < -0.3 is 10.0 Å². The average Bonchev–Trinajstić information content (AvgIpc) is 2.39. The number of hydrogen-bond donors (Lipinski definition) is 1. The second-order valence-electron chi connectivity index (χ2n) is 5.60. The minimum atomic E-state index is -0.418. The molecule has 1 aromatic rings. The Bertz CT molecular complexity index is 411. The predicted octanol–water partition coefficient (Wildman–Crippen LogP) is 4.52. The molecule has 1 aliphatic rings. The van der Waals surface area contributed by atoms with Crippen molar-refractivity contribution in [1.82, 2.24) is 0 Å². The third kappa shape index (κ3) is 3.73. The van der Waals surface area contributed by atoms with Crippen molar-refractivity contribution < 1.29 is 5.11 Å². The number of rotatable bonds is 4. The van der Waals surface area contributed by atoms with Gasteiger partial charge in [-0.2, -0.15) is 0 Å². The molecule has 1 aromatic carbocycles. The number of anilines is 1. The van der Waals surface area contributed by atoms with E-state index in [-0.39, 0.29) is 0 Å². The molecule has 0 amide bonds. The maximum Gasteiger partial charge on any atom is 0.0772 e. The van der Waals surface area contributed by atoms with Gasteiger partial charge in [0.25, 0.3) is 0 Å².